The number of methoxy groups -OCH3 is 2. The number of hydrogen-bond donors (Lipinski definition) is 0. The molecular weight excluding hydrogens is 332 g/mol. The van der Waals surface area contributed by atoms with E-state index in [1.54, 1.807) is 0 Å². The van der Waals surface area contributed by atoms with Crippen LogP contribution in [0.25, 0.3) is 0 Å². The molecule has 0 unspecified atom stereocenters. The zero-order chi connectivity index (χ0) is 18.7. The van der Waals surface area contributed by atoms with Crippen molar-refractivity contribution < 1.29 is 38.1 Å². The van der Waals surface area contributed by atoms with Gasteiger partial charge in [-0.1, -0.05) is 0 Å². The lowest BCUT2D eigenvalue weighted by atomic mass is 10.2. The van der Waals surface area contributed by atoms with Crippen LogP contribution in [0.15, 0.2) is 30.4 Å². The Morgan fingerprint density at radius 2 is 1.76 bits per heavy atom. The number of benzene rings is 1. The average molecular weight is 350 g/mol. The highest BCUT2D eigenvalue weighted by molar-refractivity contribution is 5.91. The Morgan fingerprint density at radius 3 is 2.40 bits per heavy atom. The van der Waals surface area contributed by atoms with Gasteiger partial charge in [0, 0.05) is 24.1 Å². The summed E-state index contributed by atoms with van der Waals surface area (Å²) >= 11 is 0. The number of esters is 3. The van der Waals surface area contributed by atoms with Gasteiger partial charge >= 0.3 is 17.9 Å². The van der Waals surface area contributed by atoms with Crippen molar-refractivity contribution in [2.45, 2.75) is 12.8 Å². The fourth-order valence-corrected chi connectivity index (χ4v) is 1.66. The lowest BCUT2D eigenvalue weighted by Gasteiger charge is -2.09. The van der Waals surface area contributed by atoms with Crippen LogP contribution in [-0.4, -0.2) is 45.0 Å². The molecule has 1 rings (SSSR count). The number of hydrogen-bond acceptors (Lipinski definition) is 8. The van der Waals surface area contributed by atoms with Gasteiger partial charge in [0.05, 0.1) is 20.8 Å². The summed E-state index contributed by atoms with van der Waals surface area (Å²) in [6, 6.07) is 4.40. The molecule has 0 N–H and O–H groups in total. The first kappa shape index (κ1) is 19.9. The molecule has 0 aromatic heterocycles. The lowest BCUT2D eigenvalue weighted by Crippen LogP contribution is -2.11. The van der Waals surface area contributed by atoms with Crippen LogP contribution in [0.5, 0.6) is 11.5 Å². The minimum Gasteiger partial charge on any atom is -0.493 e. The molecule has 0 radical (unpaired) electrons. The Balaban J connectivity index is 2.38. The largest absolute Gasteiger partial charge is 0.493 e. The van der Waals surface area contributed by atoms with E-state index < -0.39 is 17.9 Å². The average Bonchev–Trinajstić information content (AvgIpc) is 2.63. The molecule has 8 nitrogen and oxygen atoms in total. The third-order valence-corrected chi connectivity index (χ3v) is 2.87. The Hall–Kier alpha value is -3.16. The van der Waals surface area contributed by atoms with Crippen LogP contribution in [0, 0.1) is 0 Å². The SMILES string of the molecule is COC(=O)C=CC(=O)OCCCC(=O)Oc1ccc(C=O)cc1OC. The molecular formula is C17H18O8. The maximum absolute atomic E-state index is 11.8. The van der Waals surface area contributed by atoms with Gasteiger partial charge in [-0.3, -0.25) is 9.59 Å². The first-order chi connectivity index (χ1) is 12.0. The maximum atomic E-state index is 11.8. The Morgan fingerprint density at radius 1 is 1.04 bits per heavy atom. The van der Waals surface area contributed by atoms with Gasteiger partial charge in [-0.25, -0.2) is 9.59 Å². The smallest absolute Gasteiger partial charge is 0.331 e. The molecule has 8 heteroatoms. The predicted molar refractivity (Wildman–Crippen MR) is 85.4 cm³/mol. The van der Waals surface area contributed by atoms with Gasteiger partial charge in [-0.2, -0.15) is 0 Å². The number of carbonyl (C=O) groups excluding carboxylic acids is 4. The van der Waals surface area contributed by atoms with E-state index in [-0.39, 0.29) is 30.9 Å². The van der Waals surface area contributed by atoms with E-state index >= 15 is 0 Å². The van der Waals surface area contributed by atoms with E-state index in [2.05, 4.69) is 4.74 Å². The molecule has 0 spiro atoms. The second-order valence-electron chi connectivity index (χ2n) is 4.63. The maximum Gasteiger partial charge on any atom is 0.331 e. The highest BCUT2D eigenvalue weighted by atomic mass is 16.6. The van der Waals surface area contributed by atoms with E-state index in [9.17, 15) is 19.2 Å². The normalized spacial score (nSPS) is 10.2. The van der Waals surface area contributed by atoms with Crippen LogP contribution < -0.4 is 9.47 Å². The Bertz CT molecular complexity index is 663. The number of aldehydes is 1. The van der Waals surface area contributed by atoms with Gasteiger partial charge in [0.2, 0.25) is 0 Å². The zero-order valence-electron chi connectivity index (χ0n) is 13.9. The van der Waals surface area contributed by atoms with E-state index in [1.165, 1.54) is 32.4 Å². The molecule has 0 saturated carbocycles. The quantitative estimate of drug-likeness (QED) is 0.217. The summed E-state index contributed by atoms with van der Waals surface area (Å²) in [5.74, 6) is -1.48. The van der Waals surface area contributed by atoms with Crippen molar-refractivity contribution in [3.05, 3.63) is 35.9 Å². The topological polar surface area (TPSA) is 105 Å². The summed E-state index contributed by atoms with van der Waals surface area (Å²) in [4.78, 5) is 44.5. The summed E-state index contributed by atoms with van der Waals surface area (Å²) in [5, 5.41) is 0. The minimum absolute atomic E-state index is 0.00653. The van der Waals surface area contributed by atoms with Gasteiger partial charge in [0.1, 0.15) is 6.29 Å². The van der Waals surface area contributed by atoms with E-state index in [0.717, 1.165) is 12.2 Å². The number of rotatable bonds is 9. The third kappa shape index (κ3) is 7.30. The first-order valence-corrected chi connectivity index (χ1v) is 7.26. The fourth-order valence-electron chi connectivity index (χ4n) is 1.66. The highest BCUT2D eigenvalue weighted by Gasteiger charge is 2.11. The monoisotopic (exact) mass is 350 g/mol. The highest BCUT2D eigenvalue weighted by Crippen LogP contribution is 2.27. The molecule has 0 heterocycles. The molecule has 0 aliphatic rings. The van der Waals surface area contributed by atoms with Crippen molar-refractivity contribution in [1.82, 2.24) is 0 Å². The van der Waals surface area contributed by atoms with E-state index in [0.29, 0.717) is 11.8 Å². The van der Waals surface area contributed by atoms with Crippen LogP contribution in [0.1, 0.15) is 23.2 Å². The van der Waals surface area contributed by atoms with Gasteiger partial charge < -0.3 is 18.9 Å². The van der Waals surface area contributed by atoms with Crippen molar-refractivity contribution in [2.75, 3.05) is 20.8 Å². The second kappa shape index (κ2) is 10.6. The van der Waals surface area contributed by atoms with E-state index in [1.807, 2.05) is 0 Å². The van der Waals surface area contributed by atoms with Gasteiger partial charge in [0.15, 0.2) is 11.5 Å². The van der Waals surface area contributed by atoms with E-state index in [4.69, 9.17) is 14.2 Å². The summed E-state index contributed by atoms with van der Waals surface area (Å²) < 4.78 is 19.3. The van der Waals surface area contributed by atoms with Crippen LogP contribution in [0.4, 0.5) is 0 Å². The fraction of sp³-hybridized carbons (Fsp3) is 0.294. The molecule has 0 aliphatic heterocycles. The molecule has 0 fully saturated rings. The third-order valence-electron chi connectivity index (χ3n) is 2.87. The van der Waals surface area contributed by atoms with Crippen molar-refractivity contribution >= 4 is 24.2 Å². The zero-order valence-corrected chi connectivity index (χ0v) is 13.9. The molecule has 0 atom stereocenters. The van der Waals surface area contributed by atoms with Crippen molar-refractivity contribution in [2.24, 2.45) is 0 Å². The van der Waals surface area contributed by atoms with Gasteiger partial charge in [-0.05, 0) is 24.6 Å². The molecule has 0 aliphatic carbocycles. The Kier molecular flexibility index (Phi) is 8.42. The Labute approximate surface area is 144 Å². The van der Waals surface area contributed by atoms with Crippen LogP contribution >= 0.6 is 0 Å². The van der Waals surface area contributed by atoms with Gasteiger partial charge in [0.25, 0.3) is 0 Å². The first-order valence-electron chi connectivity index (χ1n) is 7.26. The molecule has 25 heavy (non-hydrogen) atoms. The lowest BCUT2D eigenvalue weighted by molar-refractivity contribution is -0.140. The van der Waals surface area contributed by atoms with Crippen molar-refractivity contribution in [3.8, 4) is 11.5 Å². The predicted octanol–water partition coefficient (Wildman–Crippen LogP) is 1.47. The second-order valence-corrected chi connectivity index (χ2v) is 4.63. The summed E-state index contributed by atoms with van der Waals surface area (Å²) in [5.41, 5.74) is 0.392. The van der Waals surface area contributed by atoms with Crippen LogP contribution in [0.2, 0.25) is 0 Å². The number of ether oxygens (including phenoxy) is 4. The van der Waals surface area contributed by atoms with Gasteiger partial charge in [-0.15, -0.1) is 0 Å². The molecule has 1 aromatic rings. The summed E-state index contributed by atoms with van der Waals surface area (Å²) in [6.45, 7) is -0.0132. The molecule has 0 saturated heterocycles. The summed E-state index contributed by atoms with van der Waals surface area (Å²) in [7, 11) is 2.58. The molecule has 0 amide bonds. The molecule has 134 valence electrons. The molecule has 1 aromatic carbocycles. The van der Waals surface area contributed by atoms with Crippen LogP contribution in [-0.2, 0) is 23.9 Å². The molecule has 0 bridgehead atoms. The summed E-state index contributed by atoms with van der Waals surface area (Å²) in [6.07, 6.45) is 2.77. The van der Waals surface area contributed by atoms with Crippen LogP contribution in [0.3, 0.4) is 0 Å². The standard InChI is InChI=1S/C17H18O8/c1-22-14-10-12(11-18)5-6-13(14)25-17(21)4-3-9-24-16(20)8-7-15(19)23-2/h5-8,10-11H,3-4,9H2,1-2H3. The van der Waals surface area contributed by atoms with Crippen molar-refractivity contribution in [3.63, 3.8) is 0 Å². The minimum atomic E-state index is -0.718. The van der Waals surface area contributed by atoms with Crippen molar-refractivity contribution in [1.29, 1.82) is 0 Å². The number of carbonyl (C=O) groups is 4.